The maximum Gasteiger partial charge on any atom is 0.310 e. The molecule has 0 spiro atoms. The molecule has 0 aliphatic rings. The molecule has 0 aliphatic heterocycles. The number of carbonyl (C=O) groups is 1. The van der Waals surface area contributed by atoms with Gasteiger partial charge in [0, 0.05) is 5.39 Å². The predicted octanol–water partition coefficient (Wildman–Crippen LogP) is 5.95. The van der Waals surface area contributed by atoms with Crippen molar-refractivity contribution in [1.29, 1.82) is 0 Å². The molecule has 0 bridgehead atoms. The first kappa shape index (κ1) is 17.1. The third-order valence-corrected chi connectivity index (χ3v) is 4.56. The Labute approximate surface area is 158 Å². The van der Waals surface area contributed by atoms with Crippen molar-refractivity contribution in [3.8, 4) is 11.1 Å². The topological polar surface area (TPSA) is 39.4 Å². The number of fused-ring (bicyclic) bond motifs is 1. The van der Waals surface area contributed by atoms with Crippen molar-refractivity contribution in [2.24, 2.45) is 0 Å². The first-order valence-corrected chi connectivity index (χ1v) is 9.01. The van der Waals surface area contributed by atoms with Gasteiger partial charge in [-0.2, -0.15) is 0 Å². The van der Waals surface area contributed by atoms with Gasteiger partial charge < -0.3 is 9.15 Å². The molecule has 0 unspecified atom stereocenters. The molecule has 0 radical (unpaired) electrons. The summed E-state index contributed by atoms with van der Waals surface area (Å²) in [6, 6.07) is 27.8. The van der Waals surface area contributed by atoms with Crippen LogP contribution in [0, 0.1) is 0 Å². The van der Waals surface area contributed by atoms with Gasteiger partial charge in [0.15, 0.2) is 6.10 Å². The van der Waals surface area contributed by atoms with Crippen LogP contribution in [0.5, 0.6) is 0 Å². The molecule has 3 heteroatoms. The van der Waals surface area contributed by atoms with Crippen molar-refractivity contribution in [3.05, 3.63) is 96.3 Å². The Morgan fingerprint density at radius 3 is 2.30 bits per heavy atom. The van der Waals surface area contributed by atoms with E-state index >= 15 is 0 Å². The molecular weight excluding hydrogens is 336 g/mol. The Morgan fingerprint density at radius 1 is 0.889 bits per heavy atom. The van der Waals surface area contributed by atoms with Crippen LogP contribution in [-0.2, 0) is 16.0 Å². The van der Waals surface area contributed by atoms with E-state index in [0.717, 1.165) is 27.7 Å². The molecule has 1 atom stereocenters. The van der Waals surface area contributed by atoms with E-state index in [0.29, 0.717) is 5.76 Å². The van der Waals surface area contributed by atoms with Crippen LogP contribution >= 0.6 is 0 Å². The molecule has 0 amide bonds. The lowest BCUT2D eigenvalue weighted by molar-refractivity contribution is -0.148. The Morgan fingerprint density at radius 2 is 1.56 bits per heavy atom. The summed E-state index contributed by atoms with van der Waals surface area (Å²) in [4.78, 5) is 12.3. The van der Waals surface area contributed by atoms with Crippen molar-refractivity contribution in [2.45, 2.75) is 19.4 Å². The highest BCUT2D eigenvalue weighted by Crippen LogP contribution is 2.26. The summed E-state index contributed by atoms with van der Waals surface area (Å²) < 4.78 is 11.3. The van der Waals surface area contributed by atoms with Crippen molar-refractivity contribution in [2.75, 3.05) is 0 Å². The lowest BCUT2D eigenvalue weighted by atomic mass is 10.0. The predicted molar refractivity (Wildman–Crippen MR) is 106 cm³/mol. The molecule has 134 valence electrons. The van der Waals surface area contributed by atoms with Crippen LogP contribution in [0.3, 0.4) is 0 Å². The van der Waals surface area contributed by atoms with E-state index in [1.165, 1.54) is 0 Å². The number of para-hydroxylation sites is 1. The van der Waals surface area contributed by atoms with Crippen LogP contribution in [-0.4, -0.2) is 5.97 Å². The zero-order valence-corrected chi connectivity index (χ0v) is 15.1. The Balaban J connectivity index is 1.40. The van der Waals surface area contributed by atoms with Crippen molar-refractivity contribution >= 4 is 16.9 Å². The number of esters is 1. The lowest BCUT2D eigenvalue weighted by Crippen LogP contribution is -2.11. The minimum Gasteiger partial charge on any atom is -0.457 e. The van der Waals surface area contributed by atoms with Gasteiger partial charge in [0.25, 0.3) is 0 Å². The third kappa shape index (κ3) is 3.93. The molecule has 3 nitrogen and oxygen atoms in total. The highest BCUT2D eigenvalue weighted by atomic mass is 16.5. The quantitative estimate of drug-likeness (QED) is 0.415. The van der Waals surface area contributed by atoms with Gasteiger partial charge in [-0.05, 0) is 35.7 Å². The van der Waals surface area contributed by atoms with E-state index < -0.39 is 6.10 Å². The van der Waals surface area contributed by atoms with Gasteiger partial charge in [-0.25, -0.2) is 0 Å². The van der Waals surface area contributed by atoms with E-state index in [9.17, 15) is 4.79 Å². The first-order valence-electron chi connectivity index (χ1n) is 9.01. The van der Waals surface area contributed by atoms with Crippen LogP contribution in [0.2, 0.25) is 0 Å². The summed E-state index contributed by atoms with van der Waals surface area (Å²) in [5.74, 6) is 0.388. The Kier molecular flexibility index (Phi) is 4.75. The third-order valence-electron chi connectivity index (χ3n) is 4.56. The van der Waals surface area contributed by atoms with Crippen LogP contribution in [0.25, 0.3) is 22.1 Å². The largest absolute Gasteiger partial charge is 0.457 e. The Bertz CT molecular complexity index is 1010. The summed E-state index contributed by atoms with van der Waals surface area (Å²) in [5.41, 5.74) is 4.01. The van der Waals surface area contributed by atoms with Gasteiger partial charge in [0.05, 0.1) is 6.42 Å². The fourth-order valence-electron chi connectivity index (χ4n) is 3.11. The van der Waals surface area contributed by atoms with Gasteiger partial charge in [-0.15, -0.1) is 0 Å². The highest BCUT2D eigenvalue weighted by molar-refractivity contribution is 5.78. The summed E-state index contributed by atoms with van der Waals surface area (Å²) in [6.45, 7) is 1.83. The fraction of sp³-hybridized carbons (Fsp3) is 0.125. The summed E-state index contributed by atoms with van der Waals surface area (Å²) in [6.07, 6.45) is -0.187. The number of ether oxygens (including phenoxy) is 1. The fourth-order valence-corrected chi connectivity index (χ4v) is 3.11. The van der Waals surface area contributed by atoms with Gasteiger partial charge in [-0.3, -0.25) is 4.79 Å². The summed E-state index contributed by atoms with van der Waals surface area (Å²) in [5, 5.41) is 1.01. The second-order valence-corrected chi connectivity index (χ2v) is 6.56. The number of carbonyl (C=O) groups excluding carboxylic acids is 1. The zero-order valence-electron chi connectivity index (χ0n) is 15.1. The van der Waals surface area contributed by atoms with E-state index in [1.54, 1.807) is 0 Å². The van der Waals surface area contributed by atoms with Crippen molar-refractivity contribution < 1.29 is 13.9 Å². The van der Waals surface area contributed by atoms with Crippen LogP contribution < -0.4 is 0 Å². The molecule has 0 fully saturated rings. The average Bonchev–Trinajstić information content (AvgIpc) is 3.14. The number of hydrogen-bond donors (Lipinski definition) is 0. The van der Waals surface area contributed by atoms with Crippen LogP contribution in [0.15, 0.2) is 89.3 Å². The number of rotatable bonds is 5. The normalized spacial score (nSPS) is 12.0. The molecule has 4 rings (SSSR count). The summed E-state index contributed by atoms with van der Waals surface area (Å²) in [7, 11) is 0. The minimum atomic E-state index is -0.423. The van der Waals surface area contributed by atoms with E-state index in [4.69, 9.17) is 9.15 Å². The minimum absolute atomic E-state index is 0.236. The molecule has 27 heavy (non-hydrogen) atoms. The van der Waals surface area contributed by atoms with E-state index in [2.05, 4.69) is 12.1 Å². The maximum absolute atomic E-state index is 12.3. The van der Waals surface area contributed by atoms with E-state index in [1.807, 2.05) is 79.7 Å². The smallest absolute Gasteiger partial charge is 0.310 e. The number of hydrogen-bond acceptors (Lipinski definition) is 3. The number of benzene rings is 3. The molecule has 3 aromatic carbocycles. The van der Waals surface area contributed by atoms with E-state index in [-0.39, 0.29) is 12.4 Å². The van der Waals surface area contributed by atoms with Gasteiger partial charge in [0.2, 0.25) is 0 Å². The first-order chi connectivity index (χ1) is 13.2. The number of furan rings is 1. The summed E-state index contributed by atoms with van der Waals surface area (Å²) >= 11 is 0. The standard InChI is InChI=1S/C24H20O3/c1-17(23-16-21-9-5-6-10-22(21)27-23)26-24(25)15-18-11-13-20(14-12-18)19-7-3-2-4-8-19/h2-14,16-17H,15H2,1H3/t17-/m0/s1. The highest BCUT2D eigenvalue weighted by Gasteiger charge is 2.16. The lowest BCUT2D eigenvalue weighted by Gasteiger charge is -2.11. The molecule has 0 N–H and O–H groups in total. The average molecular weight is 356 g/mol. The van der Waals surface area contributed by atoms with Crippen molar-refractivity contribution in [3.63, 3.8) is 0 Å². The molecule has 1 aromatic heterocycles. The molecular formula is C24H20O3. The van der Waals surface area contributed by atoms with Gasteiger partial charge in [-0.1, -0.05) is 72.8 Å². The second kappa shape index (κ2) is 7.50. The molecule has 0 aliphatic carbocycles. The Hall–Kier alpha value is -3.33. The SMILES string of the molecule is C[C@H](OC(=O)Cc1ccc(-c2ccccc2)cc1)c1cc2ccccc2o1. The molecule has 0 saturated carbocycles. The van der Waals surface area contributed by atoms with Crippen molar-refractivity contribution in [1.82, 2.24) is 0 Å². The van der Waals surface area contributed by atoms with Crippen LogP contribution in [0.1, 0.15) is 24.4 Å². The van der Waals surface area contributed by atoms with Gasteiger partial charge in [0.1, 0.15) is 11.3 Å². The molecule has 0 saturated heterocycles. The van der Waals surface area contributed by atoms with Gasteiger partial charge >= 0.3 is 5.97 Å². The van der Waals surface area contributed by atoms with Crippen LogP contribution in [0.4, 0.5) is 0 Å². The monoisotopic (exact) mass is 356 g/mol. The zero-order chi connectivity index (χ0) is 18.6. The second-order valence-electron chi connectivity index (χ2n) is 6.56. The maximum atomic E-state index is 12.3. The molecule has 4 aromatic rings. The molecule has 1 heterocycles.